The molecule has 4 unspecified atom stereocenters. The molecule has 0 bridgehead atoms. The van der Waals surface area contributed by atoms with E-state index in [-0.39, 0.29) is 30.0 Å². The number of nitrogens with zero attached hydrogens (tertiary/aromatic N) is 4. The van der Waals surface area contributed by atoms with E-state index in [0.29, 0.717) is 5.76 Å². The maximum absolute atomic E-state index is 14.4. The van der Waals surface area contributed by atoms with Crippen molar-refractivity contribution in [3.05, 3.63) is 53.9 Å². The fourth-order valence-corrected chi connectivity index (χ4v) is 3.38. The number of aryl methyl sites for hydroxylation is 1. The van der Waals surface area contributed by atoms with Crippen LogP contribution < -0.4 is 0 Å². The minimum Gasteiger partial charge on any atom is -0.446 e. The number of hydrogen-bond donors (Lipinski definition) is 2. The zero-order valence-corrected chi connectivity index (χ0v) is 16.0. The molecule has 30 heavy (non-hydrogen) atoms. The van der Waals surface area contributed by atoms with Gasteiger partial charge in [-0.05, 0) is 18.6 Å². The molecule has 2 N–H and O–H groups in total. The summed E-state index contributed by atoms with van der Waals surface area (Å²) < 4.78 is 46.0. The molecule has 0 radical (unpaired) electrons. The number of ether oxygens (including phenoxy) is 2. The van der Waals surface area contributed by atoms with Gasteiger partial charge in [0.25, 0.3) is 0 Å². The van der Waals surface area contributed by atoms with E-state index in [1.807, 2.05) is 0 Å². The fraction of sp³-hybridized carbons (Fsp3) is 0.421. The van der Waals surface area contributed by atoms with Gasteiger partial charge in [0.2, 0.25) is 0 Å². The second-order valence-corrected chi connectivity index (χ2v) is 6.99. The van der Waals surface area contributed by atoms with Crippen LogP contribution in [0.1, 0.15) is 17.4 Å². The highest BCUT2D eigenvalue weighted by Gasteiger charge is 2.42. The molecule has 2 aromatic heterocycles. The molecule has 9 nitrogen and oxygen atoms in total. The molecule has 0 saturated carbocycles. The van der Waals surface area contributed by atoms with E-state index in [0.717, 1.165) is 0 Å². The topological polar surface area (TPSA) is 116 Å². The van der Waals surface area contributed by atoms with Crippen molar-refractivity contribution in [2.75, 3.05) is 13.2 Å². The van der Waals surface area contributed by atoms with Crippen LogP contribution in [-0.2, 0) is 16.1 Å². The lowest BCUT2D eigenvalue weighted by atomic mass is 9.97. The maximum atomic E-state index is 14.4. The number of rotatable bonds is 6. The van der Waals surface area contributed by atoms with E-state index in [2.05, 4.69) is 15.3 Å². The molecule has 1 saturated heterocycles. The van der Waals surface area contributed by atoms with Crippen LogP contribution in [0.25, 0.3) is 11.3 Å². The average molecular weight is 422 g/mol. The van der Waals surface area contributed by atoms with Crippen LogP contribution in [-0.4, -0.2) is 61.7 Å². The van der Waals surface area contributed by atoms with Crippen molar-refractivity contribution in [1.29, 1.82) is 0 Å². The number of hydrogen-bond acceptors (Lipinski definition) is 8. The molecule has 3 heterocycles. The quantitative estimate of drug-likeness (QED) is 0.613. The first kappa shape index (κ1) is 20.5. The van der Waals surface area contributed by atoms with Gasteiger partial charge in [0.15, 0.2) is 18.0 Å². The second kappa shape index (κ2) is 8.56. The van der Waals surface area contributed by atoms with Gasteiger partial charge in [0.05, 0.1) is 25.6 Å². The Morgan fingerprint density at radius 1 is 1.30 bits per heavy atom. The molecule has 160 valence electrons. The maximum Gasteiger partial charge on any atom is 0.180 e. The summed E-state index contributed by atoms with van der Waals surface area (Å²) in [5.74, 6) is -1.51. The predicted octanol–water partition coefficient (Wildman–Crippen LogP) is 1.40. The molecule has 3 aromatic rings. The summed E-state index contributed by atoms with van der Waals surface area (Å²) in [6.07, 6.45) is 1.43. The van der Waals surface area contributed by atoms with E-state index in [1.54, 1.807) is 0 Å². The van der Waals surface area contributed by atoms with Gasteiger partial charge in [-0.1, -0.05) is 11.3 Å². The molecular weight excluding hydrogens is 402 g/mol. The van der Waals surface area contributed by atoms with Crippen molar-refractivity contribution >= 4 is 0 Å². The minimum absolute atomic E-state index is 0.0521. The number of oxazole rings is 1. The highest BCUT2D eigenvalue weighted by Crippen LogP contribution is 2.31. The van der Waals surface area contributed by atoms with Gasteiger partial charge in [-0.2, -0.15) is 0 Å². The van der Waals surface area contributed by atoms with Crippen LogP contribution in [0, 0.1) is 18.6 Å². The Bertz CT molecular complexity index is 997. The Hall–Kier alpha value is -2.73. The third kappa shape index (κ3) is 3.84. The zero-order chi connectivity index (χ0) is 21.3. The average Bonchev–Trinajstić information content (AvgIpc) is 3.43. The molecule has 11 heteroatoms. The minimum atomic E-state index is -1.18. The monoisotopic (exact) mass is 422 g/mol. The predicted molar refractivity (Wildman–Crippen MR) is 97.1 cm³/mol. The van der Waals surface area contributed by atoms with Gasteiger partial charge >= 0.3 is 0 Å². The normalized spacial score (nSPS) is 24.3. The summed E-state index contributed by atoms with van der Waals surface area (Å²) in [6.45, 7) is 1.18. The first-order valence-corrected chi connectivity index (χ1v) is 9.26. The first-order chi connectivity index (χ1) is 14.5. The summed E-state index contributed by atoms with van der Waals surface area (Å²) in [5.41, 5.74) is 0.221. The largest absolute Gasteiger partial charge is 0.446 e. The SMILES string of the molecule is Cc1ccc(-c2cn(C3C(OCc4cnco4)COC(CO)C3O)nn2)c(F)c1F. The molecule has 0 amide bonds. The Morgan fingerprint density at radius 2 is 2.13 bits per heavy atom. The molecule has 1 aromatic carbocycles. The van der Waals surface area contributed by atoms with Crippen LogP contribution in [0.3, 0.4) is 0 Å². The second-order valence-electron chi connectivity index (χ2n) is 6.99. The molecular formula is C19H20F2N4O5. The number of aliphatic hydroxyl groups is 2. The van der Waals surface area contributed by atoms with Crippen molar-refractivity contribution in [3.8, 4) is 11.3 Å². The Labute approximate surface area is 169 Å². The lowest BCUT2D eigenvalue weighted by molar-refractivity contribution is -0.185. The Morgan fingerprint density at radius 3 is 2.87 bits per heavy atom. The van der Waals surface area contributed by atoms with E-state index >= 15 is 0 Å². The standard InChI is InChI=1S/C19H20F2N4O5/c1-10-2-3-12(17(21)16(10)20)13-5-25(24-23-13)18-15(8-29-14(6-26)19(18)27)28-7-11-4-22-9-30-11/h2-5,9,14-15,18-19,26-27H,6-8H2,1H3. The van der Waals surface area contributed by atoms with Crippen LogP contribution in [0.4, 0.5) is 8.78 Å². The van der Waals surface area contributed by atoms with Crippen LogP contribution in [0.5, 0.6) is 0 Å². The highest BCUT2D eigenvalue weighted by atomic mass is 19.2. The van der Waals surface area contributed by atoms with Gasteiger partial charge in [0, 0.05) is 5.56 Å². The molecule has 4 rings (SSSR count). The van der Waals surface area contributed by atoms with E-state index in [9.17, 15) is 19.0 Å². The molecule has 4 atom stereocenters. The highest BCUT2D eigenvalue weighted by molar-refractivity contribution is 5.59. The molecule has 1 aliphatic rings. The third-order valence-electron chi connectivity index (χ3n) is 5.06. The van der Waals surface area contributed by atoms with Crippen molar-refractivity contribution in [2.45, 2.75) is 37.9 Å². The number of aromatic nitrogens is 4. The number of aliphatic hydroxyl groups excluding tert-OH is 2. The zero-order valence-electron chi connectivity index (χ0n) is 16.0. The van der Waals surface area contributed by atoms with Gasteiger partial charge in [-0.3, -0.25) is 0 Å². The van der Waals surface area contributed by atoms with Crippen molar-refractivity contribution in [2.24, 2.45) is 0 Å². The van der Waals surface area contributed by atoms with Gasteiger partial charge in [0.1, 0.15) is 42.4 Å². The summed E-state index contributed by atoms with van der Waals surface area (Å²) in [7, 11) is 0. The fourth-order valence-electron chi connectivity index (χ4n) is 3.38. The summed E-state index contributed by atoms with van der Waals surface area (Å²) >= 11 is 0. The first-order valence-electron chi connectivity index (χ1n) is 9.26. The van der Waals surface area contributed by atoms with Gasteiger partial charge in [-0.25, -0.2) is 18.4 Å². The molecule has 1 aliphatic heterocycles. The Balaban J connectivity index is 1.62. The van der Waals surface area contributed by atoms with Crippen molar-refractivity contribution in [1.82, 2.24) is 20.0 Å². The van der Waals surface area contributed by atoms with Gasteiger partial charge in [-0.15, -0.1) is 5.10 Å². The van der Waals surface area contributed by atoms with Crippen LogP contribution >= 0.6 is 0 Å². The lowest BCUT2D eigenvalue weighted by Crippen LogP contribution is -2.52. The van der Waals surface area contributed by atoms with Crippen molar-refractivity contribution < 1.29 is 32.9 Å². The van der Waals surface area contributed by atoms with Crippen molar-refractivity contribution in [3.63, 3.8) is 0 Å². The number of benzene rings is 1. The molecule has 0 spiro atoms. The summed E-state index contributed by atoms with van der Waals surface area (Å²) in [5, 5.41) is 28.1. The van der Waals surface area contributed by atoms with Crippen LogP contribution in [0.2, 0.25) is 0 Å². The lowest BCUT2D eigenvalue weighted by Gasteiger charge is -2.39. The van der Waals surface area contributed by atoms with E-state index in [4.69, 9.17) is 13.9 Å². The molecule has 1 fully saturated rings. The smallest absolute Gasteiger partial charge is 0.180 e. The van der Waals surface area contributed by atoms with E-state index in [1.165, 1.54) is 42.5 Å². The summed E-state index contributed by atoms with van der Waals surface area (Å²) in [4.78, 5) is 3.81. The third-order valence-corrected chi connectivity index (χ3v) is 5.06. The van der Waals surface area contributed by atoms with E-state index < -0.39 is 42.6 Å². The number of halogens is 2. The summed E-state index contributed by atoms with van der Waals surface area (Å²) in [6, 6.07) is 2.07. The van der Waals surface area contributed by atoms with Crippen LogP contribution in [0.15, 0.2) is 35.3 Å². The molecule has 0 aliphatic carbocycles. The van der Waals surface area contributed by atoms with Gasteiger partial charge < -0.3 is 24.1 Å². The Kier molecular flexibility index (Phi) is 5.86.